The molecule has 0 saturated heterocycles. The topological polar surface area (TPSA) is 100 Å². The van der Waals surface area contributed by atoms with Gasteiger partial charge in [0.05, 0.1) is 27.2 Å². The van der Waals surface area contributed by atoms with Crippen molar-refractivity contribution in [1.82, 2.24) is 0 Å². The summed E-state index contributed by atoms with van der Waals surface area (Å²) in [5.41, 5.74) is 1.03. The summed E-state index contributed by atoms with van der Waals surface area (Å²) >= 11 is 2.76. The average Bonchev–Trinajstić information content (AvgIpc) is 3.20. The van der Waals surface area contributed by atoms with Crippen LogP contribution in [0.15, 0.2) is 25.7 Å². The van der Waals surface area contributed by atoms with Crippen molar-refractivity contribution in [2.45, 2.75) is 81.9 Å². The van der Waals surface area contributed by atoms with Crippen LogP contribution in [-0.2, 0) is 9.59 Å². The van der Waals surface area contributed by atoms with Gasteiger partial charge in [0, 0.05) is 12.8 Å². The lowest BCUT2D eigenvalue weighted by Crippen LogP contribution is -2.03. The van der Waals surface area contributed by atoms with Gasteiger partial charge in [-0.1, -0.05) is 23.5 Å². The molecule has 0 saturated carbocycles. The minimum absolute atomic E-state index is 0.0872. The molecule has 0 fully saturated rings. The van der Waals surface area contributed by atoms with Gasteiger partial charge >= 0.3 is 0 Å². The highest BCUT2D eigenvalue weighted by molar-refractivity contribution is 8.24. The number of benzene rings is 1. The SMILES string of the molecule is CC(=O)CCCCCOc1cc(C)c(OCCCCCC(C)=O)c2c1SC(=C(C#N)C#N)S2. The molecule has 1 aliphatic heterocycles. The van der Waals surface area contributed by atoms with Gasteiger partial charge in [0.2, 0.25) is 0 Å². The first kappa shape index (κ1) is 26.8. The summed E-state index contributed by atoms with van der Waals surface area (Å²) in [4.78, 5) is 23.9. The fourth-order valence-electron chi connectivity index (χ4n) is 3.28. The summed E-state index contributed by atoms with van der Waals surface area (Å²) in [6, 6.07) is 5.90. The van der Waals surface area contributed by atoms with Crippen molar-refractivity contribution in [3.63, 3.8) is 0 Å². The number of Topliss-reactive ketones (excluding diaryl/α,β-unsaturated/α-hetero) is 2. The Labute approximate surface area is 204 Å². The van der Waals surface area contributed by atoms with Crippen molar-refractivity contribution in [3.05, 3.63) is 21.4 Å². The molecular weight excluding hydrogens is 456 g/mol. The van der Waals surface area contributed by atoms with Crippen LogP contribution >= 0.6 is 23.5 Å². The second-order valence-corrected chi connectivity index (χ2v) is 10.3. The number of carbonyl (C=O) groups is 2. The number of ketones is 2. The van der Waals surface area contributed by atoms with E-state index < -0.39 is 0 Å². The predicted octanol–water partition coefficient (Wildman–Crippen LogP) is 6.51. The first-order valence-electron chi connectivity index (χ1n) is 11.2. The third kappa shape index (κ3) is 8.46. The summed E-state index contributed by atoms with van der Waals surface area (Å²) in [6.07, 6.45) is 6.46. The molecule has 0 N–H and O–H groups in total. The van der Waals surface area contributed by atoms with Crippen LogP contribution in [-0.4, -0.2) is 24.8 Å². The molecule has 0 bridgehead atoms. The molecule has 176 valence electrons. The van der Waals surface area contributed by atoms with E-state index in [9.17, 15) is 20.1 Å². The Kier molecular flexibility index (Phi) is 11.4. The molecule has 1 aromatic carbocycles. The monoisotopic (exact) mass is 486 g/mol. The maximum Gasteiger partial charge on any atom is 0.150 e. The number of rotatable bonds is 14. The zero-order valence-electron chi connectivity index (χ0n) is 19.5. The van der Waals surface area contributed by atoms with E-state index in [0.717, 1.165) is 65.4 Å². The van der Waals surface area contributed by atoms with Crippen molar-refractivity contribution in [1.29, 1.82) is 10.5 Å². The molecule has 1 aliphatic rings. The van der Waals surface area contributed by atoms with Gasteiger partial charge in [-0.15, -0.1) is 0 Å². The van der Waals surface area contributed by atoms with Crippen LogP contribution in [0.25, 0.3) is 0 Å². The van der Waals surface area contributed by atoms with Crippen molar-refractivity contribution in [2.75, 3.05) is 13.2 Å². The number of nitrogens with zero attached hydrogens (tertiary/aromatic N) is 2. The summed E-state index contributed by atoms with van der Waals surface area (Å²) in [6.45, 7) is 6.25. The van der Waals surface area contributed by atoms with Gasteiger partial charge in [-0.25, -0.2) is 0 Å². The largest absolute Gasteiger partial charge is 0.492 e. The number of unbranched alkanes of at least 4 members (excludes halogenated alkanes) is 4. The summed E-state index contributed by atoms with van der Waals surface area (Å²) in [7, 11) is 0. The predicted molar refractivity (Wildman–Crippen MR) is 130 cm³/mol. The van der Waals surface area contributed by atoms with Gasteiger partial charge in [-0.3, -0.25) is 0 Å². The summed E-state index contributed by atoms with van der Waals surface area (Å²) in [5.74, 6) is 1.90. The molecule has 0 aromatic heterocycles. The normalized spacial score (nSPS) is 12.0. The maximum atomic E-state index is 11.1. The van der Waals surface area contributed by atoms with Gasteiger partial charge in [0.25, 0.3) is 0 Å². The Hall–Kier alpha value is -2.42. The Morgan fingerprint density at radius 2 is 1.39 bits per heavy atom. The highest BCUT2D eigenvalue weighted by atomic mass is 32.2. The van der Waals surface area contributed by atoms with E-state index in [4.69, 9.17) is 9.47 Å². The number of carbonyl (C=O) groups excluding carboxylic acids is 2. The zero-order chi connectivity index (χ0) is 24.2. The Morgan fingerprint density at radius 3 is 1.94 bits per heavy atom. The Morgan fingerprint density at radius 1 is 0.848 bits per heavy atom. The smallest absolute Gasteiger partial charge is 0.150 e. The van der Waals surface area contributed by atoms with E-state index in [1.165, 1.54) is 23.5 Å². The number of allylic oxidation sites excluding steroid dienone is 1. The molecule has 2 rings (SSSR count). The Balaban J connectivity index is 2.11. The van der Waals surface area contributed by atoms with Crippen LogP contribution in [0.2, 0.25) is 0 Å². The molecule has 0 atom stereocenters. The van der Waals surface area contributed by atoms with E-state index in [1.54, 1.807) is 13.8 Å². The minimum Gasteiger partial charge on any atom is -0.492 e. The molecule has 0 unspecified atom stereocenters. The van der Waals surface area contributed by atoms with Gasteiger partial charge in [0.1, 0.15) is 40.8 Å². The van der Waals surface area contributed by atoms with Crippen molar-refractivity contribution >= 4 is 35.1 Å². The molecule has 33 heavy (non-hydrogen) atoms. The molecule has 8 heteroatoms. The maximum absolute atomic E-state index is 11.1. The van der Waals surface area contributed by atoms with Crippen LogP contribution in [0.1, 0.15) is 70.8 Å². The Bertz CT molecular complexity index is 974. The number of aryl methyl sites for hydroxylation is 1. The minimum atomic E-state index is 0.0872. The number of fused-ring (bicyclic) bond motifs is 1. The molecule has 0 aliphatic carbocycles. The van der Waals surface area contributed by atoms with Gasteiger partial charge in [0.15, 0.2) is 0 Å². The van der Waals surface area contributed by atoms with E-state index in [1.807, 2.05) is 25.1 Å². The first-order valence-corrected chi connectivity index (χ1v) is 12.8. The van der Waals surface area contributed by atoms with Gasteiger partial charge < -0.3 is 19.1 Å². The zero-order valence-corrected chi connectivity index (χ0v) is 21.1. The first-order chi connectivity index (χ1) is 15.9. The van der Waals surface area contributed by atoms with Crippen LogP contribution in [0.5, 0.6) is 11.5 Å². The second kappa shape index (κ2) is 14.0. The molecule has 0 radical (unpaired) electrons. The van der Waals surface area contributed by atoms with Crippen LogP contribution in [0, 0.1) is 29.6 Å². The molecule has 1 aromatic rings. The third-order valence-corrected chi connectivity index (χ3v) is 7.62. The van der Waals surface area contributed by atoms with E-state index in [2.05, 4.69) is 0 Å². The number of hydrogen-bond acceptors (Lipinski definition) is 8. The van der Waals surface area contributed by atoms with Crippen LogP contribution in [0.3, 0.4) is 0 Å². The average molecular weight is 487 g/mol. The van der Waals surface area contributed by atoms with Crippen molar-refractivity contribution in [3.8, 4) is 23.6 Å². The lowest BCUT2D eigenvalue weighted by molar-refractivity contribution is -0.118. The molecule has 0 spiro atoms. The van der Waals surface area contributed by atoms with E-state index in [-0.39, 0.29) is 17.1 Å². The highest BCUT2D eigenvalue weighted by Crippen LogP contribution is 2.59. The number of thioether (sulfide) groups is 2. The van der Waals surface area contributed by atoms with E-state index in [0.29, 0.717) is 30.3 Å². The van der Waals surface area contributed by atoms with Crippen molar-refractivity contribution in [2.24, 2.45) is 0 Å². The quantitative estimate of drug-likeness (QED) is 0.217. The number of hydrogen-bond donors (Lipinski definition) is 0. The third-order valence-electron chi connectivity index (χ3n) is 5.01. The summed E-state index contributed by atoms with van der Waals surface area (Å²) < 4.78 is 12.8. The molecular formula is C25H30N2O4S2. The lowest BCUT2D eigenvalue weighted by Gasteiger charge is -2.16. The van der Waals surface area contributed by atoms with Crippen LogP contribution in [0.4, 0.5) is 0 Å². The van der Waals surface area contributed by atoms with Gasteiger partial charge in [-0.05, 0) is 70.9 Å². The van der Waals surface area contributed by atoms with Crippen LogP contribution < -0.4 is 9.47 Å². The fraction of sp³-hybridized carbons (Fsp3) is 0.520. The summed E-state index contributed by atoms with van der Waals surface area (Å²) in [5, 5.41) is 18.6. The lowest BCUT2D eigenvalue weighted by atomic mass is 10.1. The standard InChI is InChI=1S/C25H30N2O4S2/c1-17-14-21(30-12-8-4-6-10-18(2)28)23-24(33-25(32-23)20(15-26)16-27)22(17)31-13-9-5-7-11-19(3)29/h14H,4-13H2,1-3H3. The number of ether oxygens (including phenoxy) is 2. The number of nitriles is 2. The van der Waals surface area contributed by atoms with Gasteiger partial charge in [-0.2, -0.15) is 10.5 Å². The molecule has 0 amide bonds. The highest BCUT2D eigenvalue weighted by Gasteiger charge is 2.30. The molecule has 6 nitrogen and oxygen atoms in total. The second-order valence-electron chi connectivity index (χ2n) is 7.99. The molecule has 1 heterocycles. The van der Waals surface area contributed by atoms with E-state index >= 15 is 0 Å². The fourth-order valence-corrected chi connectivity index (χ4v) is 5.87. The van der Waals surface area contributed by atoms with Crippen molar-refractivity contribution < 1.29 is 19.1 Å².